The van der Waals surface area contributed by atoms with Crippen molar-refractivity contribution in [2.24, 2.45) is 0 Å². The van der Waals surface area contributed by atoms with Gasteiger partial charge < -0.3 is 19.8 Å². The number of rotatable bonds is 6. The Morgan fingerprint density at radius 2 is 2.07 bits per heavy atom. The molecule has 0 fully saturated rings. The molecule has 0 radical (unpaired) electrons. The molecule has 0 bridgehead atoms. The molecule has 0 spiro atoms. The van der Waals surface area contributed by atoms with Gasteiger partial charge in [-0.1, -0.05) is 11.6 Å². The number of anilines is 2. The van der Waals surface area contributed by atoms with Gasteiger partial charge in [0, 0.05) is 0 Å². The summed E-state index contributed by atoms with van der Waals surface area (Å²) in [5.74, 6) is -0.180. The monoisotopic (exact) mass is 385 g/mol. The zero-order chi connectivity index (χ0) is 19.2. The highest BCUT2D eigenvalue weighted by atomic mass is 35.5. The van der Waals surface area contributed by atoms with Crippen molar-refractivity contribution in [3.05, 3.63) is 77.0 Å². The van der Waals surface area contributed by atoms with Crippen LogP contribution in [-0.2, 0) is 11.3 Å². The van der Waals surface area contributed by atoms with Crippen LogP contribution >= 0.6 is 11.6 Å². The minimum Gasteiger partial charge on any atom is -0.467 e. The number of hydrogen-bond acceptors (Lipinski definition) is 6. The van der Waals surface area contributed by atoms with Gasteiger partial charge in [0.25, 0.3) is 5.91 Å². The molecule has 0 atom stereocenters. The number of aromatic nitrogens is 1. The molecule has 0 aliphatic heterocycles. The first-order chi connectivity index (χ1) is 13.1. The Morgan fingerprint density at radius 3 is 2.74 bits per heavy atom. The lowest BCUT2D eigenvalue weighted by molar-refractivity contribution is 0.0600. The van der Waals surface area contributed by atoms with Crippen molar-refractivity contribution in [1.29, 1.82) is 0 Å². The molecule has 7 nitrogen and oxygen atoms in total. The van der Waals surface area contributed by atoms with E-state index in [-0.39, 0.29) is 11.3 Å². The largest absolute Gasteiger partial charge is 0.467 e. The van der Waals surface area contributed by atoms with Crippen LogP contribution in [0.1, 0.15) is 26.6 Å². The van der Waals surface area contributed by atoms with Crippen molar-refractivity contribution < 1.29 is 18.7 Å². The first-order valence-electron chi connectivity index (χ1n) is 7.98. The molecule has 2 aromatic heterocycles. The summed E-state index contributed by atoms with van der Waals surface area (Å²) in [4.78, 5) is 28.1. The molecule has 1 aromatic carbocycles. The molecule has 8 heteroatoms. The third-order valence-corrected chi connectivity index (χ3v) is 4.01. The topological polar surface area (TPSA) is 93.5 Å². The van der Waals surface area contributed by atoms with Crippen LogP contribution in [-0.4, -0.2) is 24.0 Å². The molecule has 0 saturated carbocycles. The van der Waals surface area contributed by atoms with Gasteiger partial charge in [0.15, 0.2) is 0 Å². The number of ether oxygens (including phenoxy) is 1. The zero-order valence-electron chi connectivity index (χ0n) is 14.4. The maximum Gasteiger partial charge on any atom is 0.337 e. The van der Waals surface area contributed by atoms with Crippen LogP contribution < -0.4 is 10.6 Å². The van der Waals surface area contributed by atoms with Crippen LogP contribution in [0.2, 0.25) is 5.02 Å². The lowest BCUT2D eigenvalue weighted by Gasteiger charge is -2.09. The molecule has 0 aliphatic rings. The number of hydrogen-bond donors (Lipinski definition) is 2. The van der Waals surface area contributed by atoms with Gasteiger partial charge in [0.2, 0.25) is 0 Å². The molecule has 1 amide bonds. The fraction of sp³-hybridized carbons (Fsp3) is 0.105. The van der Waals surface area contributed by atoms with E-state index < -0.39 is 11.9 Å². The Balaban J connectivity index is 1.66. The average Bonchev–Trinajstić information content (AvgIpc) is 3.21. The molecule has 27 heavy (non-hydrogen) atoms. The standard InChI is InChI=1S/C19H16ClN3O4/c1-26-19(25)12-4-6-15(20)17(9-12)23-18(24)16-7-5-13(10-22-16)21-11-14-3-2-8-27-14/h2-10,21H,11H2,1H3,(H,23,24). The minimum atomic E-state index is -0.521. The summed E-state index contributed by atoms with van der Waals surface area (Å²) in [6.45, 7) is 0.510. The van der Waals surface area contributed by atoms with E-state index in [2.05, 4.69) is 20.4 Å². The van der Waals surface area contributed by atoms with E-state index in [1.807, 2.05) is 12.1 Å². The number of amides is 1. The van der Waals surface area contributed by atoms with Gasteiger partial charge in [0.05, 0.1) is 48.1 Å². The summed E-state index contributed by atoms with van der Waals surface area (Å²) >= 11 is 6.08. The second-order valence-electron chi connectivity index (χ2n) is 5.51. The van der Waals surface area contributed by atoms with E-state index in [9.17, 15) is 9.59 Å². The molecule has 2 N–H and O–H groups in total. The van der Waals surface area contributed by atoms with Gasteiger partial charge in [-0.05, 0) is 42.5 Å². The van der Waals surface area contributed by atoms with Gasteiger partial charge in [-0.15, -0.1) is 0 Å². The normalized spacial score (nSPS) is 10.3. The number of nitrogens with zero attached hydrogens (tertiary/aromatic N) is 1. The molecule has 138 valence electrons. The van der Waals surface area contributed by atoms with Crippen molar-refractivity contribution >= 4 is 34.9 Å². The highest BCUT2D eigenvalue weighted by Crippen LogP contribution is 2.24. The fourth-order valence-electron chi connectivity index (χ4n) is 2.29. The number of esters is 1. The summed E-state index contributed by atoms with van der Waals surface area (Å²) in [5.41, 5.74) is 1.53. The number of benzene rings is 1. The Hall–Kier alpha value is -3.32. The predicted octanol–water partition coefficient (Wildman–Crippen LogP) is 3.98. The minimum absolute atomic E-state index is 0.207. The molecule has 0 unspecified atom stereocenters. The van der Waals surface area contributed by atoms with Crippen molar-refractivity contribution in [3.8, 4) is 0 Å². The molecule has 3 rings (SSSR count). The van der Waals surface area contributed by atoms with Crippen molar-refractivity contribution in [2.75, 3.05) is 17.7 Å². The highest BCUT2D eigenvalue weighted by molar-refractivity contribution is 6.34. The van der Waals surface area contributed by atoms with E-state index in [1.165, 1.54) is 25.3 Å². The van der Waals surface area contributed by atoms with Crippen LogP contribution in [0, 0.1) is 0 Å². The van der Waals surface area contributed by atoms with E-state index in [0.717, 1.165) is 11.4 Å². The number of carbonyl (C=O) groups excluding carboxylic acids is 2. The first-order valence-corrected chi connectivity index (χ1v) is 8.36. The number of halogens is 1. The average molecular weight is 386 g/mol. The second-order valence-corrected chi connectivity index (χ2v) is 5.91. The first kappa shape index (κ1) is 18.5. The van der Waals surface area contributed by atoms with Crippen LogP contribution in [0.4, 0.5) is 11.4 Å². The van der Waals surface area contributed by atoms with E-state index >= 15 is 0 Å². The maximum absolute atomic E-state index is 12.4. The van der Waals surface area contributed by atoms with Crippen LogP contribution in [0.25, 0.3) is 0 Å². The summed E-state index contributed by atoms with van der Waals surface area (Å²) in [5, 5.41) is 6.08. The van der Waals surface area contributed by atoms with Gasteiger partial charge in [0.1, 0.15) is 11.5 Å². The van der Waals surface area contributed by atoms with Gasteiger partial charge >= 0.3 is 5.97 Å². The zero-order valence-corrected chi connectivity index (χ0v) is 15.1. The second kappa shape index (κ2) is 8.37. The number of pyridine rings is 1. The van der Waals surface area contributed by atoms with Crippen LogP contribution in [0.3, 0.4) is 0 Å². The summed E-state index contributed by atoms with van der Waals surface area (Å²) < 4.78 is 9.90. The lowest BCUT2D eigenvalue weighted by Crippen LogP contribution is -2.14. The number of nitrogens with one attached hydrogen (secondary N) is 2. The Kier molecular flexibility index (Phi) is 5.73. The molecule has 0 aliphatic carbocycles. The highest BCUT2D eigenvalue weighted by Gasteiger charge is 2.13. The van der Waals surface area contributed by atoms with Gasteiger partial charge in [-0.2, -0.15) is 0 Å². The van der Waals surface area contributed by atoms with Crippen molar-refractivity contribution in [3.63, 3.8) is 0 Å². The number of carbonyl (C=O) groups is 2. The van der Waals surface area contributed by atoms with Crippen LogP contribution in [0.15, 0.2) is 59.3 Å². The number of methoxy groups -OCH3 is 1. The SMILES string of the molecule is COC(=O)c1ccc(Cl)c(NC(=O)c2ccc(NCc3ccco3)cn2)c1. The molecular weight excluding hydrogens is 370 g/mol. The van der Waals surface area contributed by atoms with E-state index in [1.54, 1.807) is 24.6 Å². The summed E-state index contributed by atoms with van der Waals surface area (Å²) in [7, 11) is 1.28. The van der Waals surface area contributed by atoms with E-state index in [4.69, 9.17) is 16.0 Å². The summed E-state index contributed by atoms with van der Waals surface area (Å²) in [6.07, 6.45) is 3.15. The van der Waals surface area contributed by atoms with E-state index in [0.29, 0.717) is 17.3 Å². The molecular formula is C19H16ClN3O4. The molecule has 2 heterocycles. The quantitative estimate of drug-likeness (QED) is 0.623. The third kappa shape index (κ3) is 4.65. The smallest absolute Gasteiger partial charge is 0.337 e. The number of furan rings is 1. The maximum atomic E-state index is 12.4. The Labute approximate surface area is 160 Å². The lowest BCUT2D eigenvalue weighted by atomic mass is 10.2. The molecule has 3 aromatic rings. The Bertz CT molecular complexity index is 940. The van der Waals surface area contributed by atoms with Gasteiger partial charge in [-0.3, -0.25) is 4.79 Å². The molecule has 0 saturated heterocycles. The van der Waals surface area contributed by atoms with Gasteiger partial charge in [-0.25, -0.2) is 9.78 Å². The Morgan fingerprint density at radius 1 is 1.22 bits per heavy atom. The third-order valence-electron chi connectivity index (χ3n) is 3.68. The fourth-order valence-corrected chi connectivity index (χ4v) is 2.45. The van der Waals surface area contributed by atoms with Crippen molar-refractivity contribution in [2.45, 2.75) is 6.54 Å². The predicted molar refractivity (Wildman–Crippen MR) is 101 cm³/mol. The summed E-state index contributed by atoms with van der Waals surface area (Å²) in [6, 6.07) is 11.5. The van der Waals surface area contributed by atoms with Crippen LogP contribution in [0.5, 0.6) is 0 Å². The van der Waals surface area contributed by atoms with Crippen molar-refractivity contribution in [1.82, 2.24) is 4.98 Å².